The molecule has 4 rings (SSSR count). The van der Waals surface area contributed by atoms with Gasteiger partial charge in [0, 0.05) is 38.2 Å². The third kappa shape index (κ3) is 4.83. The number of hydrogen-bond donors (Lipinski definition) is 0. The van der Waals surface area contributed by atoms with Gasteiger partial charge in [-0.25, -0.2) is 4.98 Å². The summed E-state index contributed by atoms with van der Waals surface area (Å²) in [6.45, 7) is 3.92. The summed E-state index contributed by atoms with van der Waals surface area (Å²) in [5.74, 6) is 0.727. The number of aromatic nitrogens is 2. The molecule has 7 nitrogen and oxygen atoms in total. The van der Waals surface area contributed by atoms with Gasteiger partial charge in [0.1, 0.15) is 5.75 Å². The van der Waals surface area contributed by atoms with Crippen LogP contribution in [-0.4, -0.2) is 46.7 Å². The molecule has 3 aromatic rings. The molecule has 2 aromatic carbocycles. The van der Waals surface area contributed by atoms with Gasteiger partial charge in [-0.1, -0.05) is 30.3 Å². The highest BCUT2D eigenvalue weighted by Crippen LogP contribution is 2.22. The summed E-state index contributed by atoms with van der Waals surface area (Å²) in [6.07, 6.45) is 3.75. The number of fused-ring (bicyclic) bond motifs is 1. The molecule has 2 heterocycles. The van der Waals surface area contributed by atoms with Gasteiger partial charge in [0.25, 0.3) is 5.56 Å². The number of aryl methyl sites for hydroxylation is 2. The molecular weight excluding hydrogens is 406 g/mol. The van der Waals surface area contributed by atoms with Gasteiger partial charge in [0.2, 0.25) is 5.91 Å². The molecule has 1 saturated heterocycles. The highest BCUT2D eigenvalue weighted by atomic mass is 16.5. The van der Waals surface area contributed by atoms with E-state index < -0.39 is 0 Å². The maximum absolute atomic E-state index is 13.2. The van der Waals surface area contributed by atoms with Gasteiger partial charge in [-0.3, -0.25) is 14.2 Å². The number of para-hydroxylation sites is 2. The minimum Gasteiger partial charge on any atom is -0.496 e. The Labute approximate surface area is 187 Å². The summed E-state index contributed by atoms with van der Waals surface area (Å²) in [4.78, 5) is 32.4. The first-order valence-electron chi connectivity index (χ1n) is 11.0. The van der Waals surface area contributed by atoms with E-state index in [0.29, 0.717) is 24.0 Å². The van der Waals surface area contributed by atoms with Gasteiger partial charge in [-0.05, 0) is 37.5 Å². The number of hydrogen-bond acceptors (Lipinski definition) is 5. The van der Waals surface area contributed by atoms with E-state index in [1.54, 1.807) is 13.2 Å². The van der Waals surface area contributed by atoms with Crippen LogP contribution in [0.15, 0.2) is 53.6 Å². The molecule has 1 aromatic heterocycles. The van der Waals surface area contributed by atoms with Crippen LogP contribution < -0.4 is 10.3 Å². The Bertz CT molecular complexity index is 1150. The molecule has 0 radical (unpaired) electrons. The van der Waals surface area contributed by atoms with E-state index in [-0.39, 0.29) is 30.5 Å². The maximum Gasteiger partial charge on any atom is 0.261 e. The Morgan fingerprint density at radius 2 is 2.09 bits per heavy atom. The van der Waals surface area contributed by atoms with Crippen molar-refractivity contribution in [2.45, 2.75) is 45.4 Å². The number of ether oxygens (including phenoxy) is 2. The minimum atomic E-state index is -0.123. The lowest BCUT2D eigenvalue weighted by molar-refractivity contribution is -0.133. The smallest absolute Gasteiger partial charge is 0.261 e. The van der Waals surface area contributed by atoms with Crippen LogP contribution in [-0.2, 0) is 22.6 Å². The van der Waals surface area contributed by atoms with Crippen LogP contribution in [0, 0.1) is 6.92 Å². The van der Waals surface area contributed by atoms with Crippen molar-refractivity contribution in [2.24, 2.45) is 0 Å². The third-order valence-electron chi connectivity index (χ3n) is 5.98. The molecule has 32 heavy (non-hydrogen) atoms. The fourth-order valence-corrected chi connectivity index (χ4v) is 4.20. The topological polar surface area (TPSA) is 73.7 Å². The average molecular weight is 436 g/mol. The molecule has 7 heteroatoms. The zero-order chi connectivity index (χ0) is 22.5. The van der Waals surface area contributed by atoms with Crippen LogP contribution in [0.2, 0.25) is 0 Å². The molecule has 168 valence electrons. The van der Waals surface area contributed by atoms with Crippen molar-refractivity contribution in [1.29, 1.82) is 0 Å². The quantitative estimate of drug-likeness (QED) is 0.543. The molecule has 0 saturated carbocycles. The van der Waals surface area contributed by atoms with E-state index in [1.807, 2.05) is 48.2 Å². The Morgan fingerprint density at radius 1 is 1.25 bits per heavy atom. The van der Waals surface area contributed by atoms with Crippen molar-refractivity contribution in [2.75, 3.05) is 20.3 Å². The van der Waals surface area contributed by atoms with E-state index in [9.17, 15) is 9.59 Å². The fraction of sp³-hybridized carbons (Fsp3) is 0.400. The summed E-state index contributed by atoms with van der Waals surface area (Å²) < 4.78 is 12.8. The largest absolute Gasteiger partial charge is 0.496 e. The molecule has 1 amide bonds. The van der Waals surface area contributed by atoms with Gasteiger partial charge in [-0.15, -0.1) is 0 Å². The molecule has 1 fully saturated rings. The van der Waals surface area contributed by atoms with Gasteiger partial charge < -0.3 is 14.4 Å². The second kappa shape index (κ2) is 9.96. The number of carbonyl (C=O) groups excluding carboxylic acids is 1. The second-order valence-electron chi connectivity index (χ2n) is 8.19. The highest BCUT2D eigenvalue weighted by molar-refractivity contribution is 5.80. The Balaban J connectivity index is 1.51. The lowest BCUT2D eigenvalue weighted by Gasteiger charge is -2.26. The molecule has 1 unspecified atom stereocenters. The molecule has 0 N–H and O–H groups in total. The molecule has 1 atom stereocenters. The Kier molecular flexibility index (Phi) is 6.85. The lowest BCUT2D eigenvalue weighted by atomic mass is 10.1. The monoisotopic (exact) mass is 435 g/mol. The van der Waals surface area contributed by atoms with Crippen molar-refractivity contribution in [3.05, 3.63) is 70.3 Å². The average Bonchev–Trinajstić information content (AvgIpc) is 3.32. The van der Waals surface area contributed by atoms with Crippen LogP contribution in [0.3, 0.4) is 0 Å². The number of carbonyl (C=O) groups is 1. The van der Waals surface area contributed by atoms with Crippen LogP contribution in [0.25, 0.3) is 10.9 Å². The van der Waals surface area contributed by atoms with Gasteiger partial charge in [-0.2, -0.15) is 0 Å². The zero-order valence-electron chi connectivity index (χ0n) is 18.6. The predicted molar refractivity (Wildman–Crippen MR) is 123 cm³/mol. The first-order valence-corrected chi connectivity index (χ1v) is 11.0. The SMILES string of the molecule is COc1ccccc1CN(CC1CCCO1)C(=O)CCn1cnc2c(C)cccc2c1=O. The van der Waals surface area contributed by atoms with E-state index in [4.69, 9.17) is 9.47 Å². The number of amides is 1. The summed E-state index contributed by atoms with van der Waals surface area (Å²) in [7, 11) is 1.63. The summed E-state index contributed by atoms with van der Waals surface area (Å²) in [5.41, 5.74) is 2.49. The van der Waals surface area contributed by atoms with E-state index >= 15 is 0 Å². The molecule has 1 aliphatic heterocycles. The normalized spacial score (nSPS) is 15.8. The first kappa shape index (κ1) is 22.0. The zero-order valence-corrected chi connectivity index (χ0v) is 18.6. The molecule has 0 aliphatic carbocycles. The van der Waals surface area contributed by atoms with Crippen molar-refractivity contribution in [1.82, 2.24) is 14.5 Å². The highest BCUT2D eigenvalue weighted by Gasteiger charge is 2.23. The summed E-state index contributed by atoms with van der Waals surface area (Å²) in [6, 6.07) is 13.3. The molecule has 0 bridgehead atoms. The second-order valence-corrected chi connectivity index (χ2v) is 8.19. The predicted octanol–water partition coefficient (Wildman–Crippen LogP) is 3.31. The van der Waals surface area contributed by atoms with Crippen molar-refractivity contribution in [3.63, 3.8) is 0 Å². The molecular formula is C25H29N3O4. The first-order chi connectivity index (χ1) is 15.6. The number of benzene rings is 2. The van der Waals surface area contributed by atoms with Gasteiger partial charge in [0.05, 0.1) is 30.4 Å². The van der Waals surface area contributed by atoms with E-state index in [2.05, 4.69) is 4.98 Å². The summed E-state index contributed by atoms with van der Waals surface area (Å²) in [5, 5.41) is 0.574. The number of rotatable bonds is 8. The van der Waals surface area contributed by atoms with Crippen LogP contribution in [0.5, 0.6) is 5.75 Å². The maximum atomic E-state index is 13.2. The fourth-order valence-electron chi connectivity index (χ4n) is 4.20. The Morgan fingerprint density at radius 3 is 2.88 bits per heavy atom. The summed E-state index contributed by atoms with van der Waals surface area (Å²) >= 11 is 0. The van der Waals surface area contributed by atoms with E-state index in [1.165, 1.54) is 10.9 Å². The molecule has 1 aliphatic rings. The van der Waals surface area contributed by atoms with Crippen LogP contribution in [0.1, 0.15) is 30.4 Å². The Hall–Kier alpha value is -3.19. The number of methoxy groups -OCH3 is 1. The standard InChI is InChI=1S/C25H29N3O4/c1-18-7-5-10-21-24(18)26-17-27(25(21)30)13-12-23(29)28(16-20-9-6-14-32-20)15-19-8-3-4-11-22(19)31-2/h3-5,7-8,10-11,17,20H,6,9,12-16H2,1-2H3. The van der Waals surface area contributed by atoms with Crippen molar-refractivity contribution in [3.8, 4) is 5.75 Å². The van der Waals surface area contributed by atoms with Gasteiger partial charge in [0.15, 0.2) is 0 Å². The lowest BCUT2D eigenvalue weighted by Crippen LogP contribution is -2.38. The van der Waals surface area contributed by atoms with Crippen molar-refractivity contribution >= 4 is 16.8 Å². The number of nitrogens with zero attached hydrogens (tertiary/aromatic N) is 3. The minimum absolute atomic E-state index is 0.0253. The van der Waals surface area contributed by atoms with Gasteiger partial charge >= 0.3 is 0 Å². The van der Waals surface area contributed by atoms with Crippen molar-refractivity contribution < 1.29 is 14.3 Å². The third-order valence-corrected chi connectivity index (χ3v) is 5.98. The van der Waals surface area contributed by atoms with E-state index in [0.717, 1.165) is 36.3 Å². The van der Waals surface area contributed by atoms with Crippen LogP contribution in [0.4, 0.5) is 0 Å². The van der Waals surface area contributed by atoms with Crippen LogP contribution >= 0.6 is 0 Å². The molecule has 0 spiro atoms.